The van der Waals surface area contributed by atoms with Crippen molar-refractivity contribution >= 4 is 11.9 Å². The predicted octanol–water partition coefficient (Wildman–Crippen LogP) is 4.14. The molecule has 6 aromatic rings. The van der Waals surface area contributed by atoms with Crippen LogP contribution in [0.3, 0.4) is 0 Å². The minimum atomic E-state index is -1.24. The number of benzene rings is 5. The van der Waals surface area contributed by atoms with E-state index in [1.165, 1.54) is 4.90 Å². The van der Waals surface area contributed by atoms with E-state index in [0.29, 0.717) is 18.7 Å². The van der Waals surface area contributed by atoms with Gasteiger partial charge in [-0.05, 0) is 56.1 Å². The summed E-state index contributed by atoms with van der Waals surface area (Å²) in [4.78, 5) is 26.9. The zero-order valence-electron chi connectivity index (χ0n) is 30.2. The number of carbonyl (C=O) groups is 2. The Morgan fingerprint density at radius 3 is 1.71 bits per heavy atom. The van der Waals surface area contributed by atoms with Crippen molar-refractivity contribution in [2.45, 2.75) is 58.2 Å². The Bertz CT molecular complexity index is 1960. The molecule has 0 aliphatic carbocycles. The molecule has 0 radical (unpaired) electrons. The van der Waals surface area contributed by atoms with Crippen LogP contribution >= 0.6 is 0 Å². The Kier molecular flexibility index (Phi) is 12.9. The van der Waals surface area contributed by atoms with E-state index >= 15 is 0 Å². The molecule has 258 valence electrons. The van der Waals surface area contributed by atoms with E-state index in [2.05, 4.69) is 46.7 Å². The maximum Gasteiger partial charge on any atom is 1.00 e. The molecule has 0 aliphatic rings. The van der Waals surface area contributed by atoms with Gasteiger partial charge in [0.1, 0.15) is 5.54 Å². The van der Waals surface area contributed by atoms with Crippen LogP contribution in [0.15, 0.2) is 140 Å². The van der Waals surface area contributed by atoms with Crippen LogP contribution in [0.2, 0.25) is 0 Å². The molecule has 0 N–H and O–H groups in total. The second-order valence-corrected chi connectivity index (χ2v) is 13.1. The van der Waals surface area contributed by atoms with Gasteiger partial charge in [-0.25, -0.2) is 4.68 Å². The fourth-order valence-corrected chi connectivity index (χ4v) is 6.97. The zero-order chi connectivity index (χ0) is 35.8. The van der Waals surface area contributed by atoms with Gasteiger partial charge in [-0.3, -0.25) is 4.79 Å². The smallest absolute Gasteiger partial charge is 0.548 e. The van der Waals surface area contributed by atoms with Gasteiger partial charge in [-0.15, -0.1) is 5.10 Å². The summed E-state index contributed by atoms with van der Waals surface area (Å²) in [6, 6.07) is 45.8. The standard InChI is InChI=1S/C43H43N5O3.Na/c1-4-5-25-39(49)47(40(31(2)3)42(50)51)30-32-26-28-33(29-27-32)37-23-15-16-24-38(37)41-44-45-46-48(41)43(34-17-9-6-10-18-34,35-19-11-7-12-20-35)36-21-13-8-14-22-36;/h6-24,26-29,31,40H,4-5,25,30H2,1-3H3,(H,50,51);/q;+1/p-1/t40-;/m0./s1. The summed E-state index contributed by atoms with van der Waals surface area (Å²) in [5.41, 5.74) is 5.64. The van der Waals surface area contributed by atoms with E-state index in [4.69, 9.17) is 5.21 Å². The summed E-state index contributed by atoms with van der Waals surface area (Å²) in [5, 5.41) is 25.9. The molecule has 1 atom stereocenters. The molecule has 0 saturated carbocycles. The Hall–Kier alpha value is -4.89. The maximum absolute atomic E-state index is 13.3. The Labute approximate surface area is 327 Å². The molecule has 6 rings (SSSR count). The normalized spacial score (nSPS) is 11.8. The number of rotatable bonds is 14. The van der Waals surface area contributed by atoms with Gasteiger partial charge in [0.25, 0.3) is 0 Å². The Balaban J connectivity index is 0.00000523. The van der Waals surface area contributed by atoms with Crippen molar-refractivity contribution in [1.82, 2.24) is 25.1 Å². The average molecular weight is 700 g/mol. The van der Waals surface area contributed by atoms with Gasteiger partial charge in [-0.2, -0.15) is 0 Å². The van der Waals surface area contributed by atoms with E-state index in [9.17, 15) is 14.7 Å². The molecule has 9 heteroatoms. The van der Waals surface area contributed by atoms with Crippen molar-refractivity contribution < 1.29 is 44.3 Å². The summed E-state index contributed by atoms with van der Waals surface area (Å²) in [6.07, 6.45) is 1.84. The number of aliphatic carboxylic acids is 1. The Morgan fingerprint density at radius 1 is 0.731 bits per heavy atom. The molecule has 5 aromatic carbocycles. The van der Waals surface area contributed by atoms with Crippen LogP contribution in [-0.4, -0.2) is 43.0 Å². The van der Waals surface area contributed by atoms with E-state index in [-0.39, 0.29) is 47.9 Å². The van der Waals surface area contributed by atoms with Crippen LogP contribution in [0.4, 0.5) is 0 Å². The summed E-state index contributed by atoms with van der Waals surface area (Å²) in [7, 11) is 0. The molecule has 0 aliphatic heterocycles. The van der Waals surface area contributed by atoms with E-state index < -0.39 is 17.6 Å². The van der Waals surface area contributed by atoms with Gasteiger partial charge >= 0.3 is 29.6 Å². The fourth-order valence-electron chi connectivity index (χ4n) is 6.97. The van der Waals surface area contributed by atoms with Crippen LogP contribution in [0, 0.1) is 5.92 Å². The van der Waals surface area contributed by atoms with Gasteiger partial charge < -0.3 is 14.8 Å². The van der Waals surface area contributed by atoms with Crippen molar-refractivity contribution in [2.24, 2.45) is 5.92 Å². The third kappa shape index (κ3) is 7.80. The summed E-state index contributed by atoms with van der Waals surface area (Å²) < 4.78 is 1.92. The molecular formula is C43H42N5NaO3. The number of tetrazole rings is 1. The van der Waals surface area contributed by atoms with Crippen molar-refractivity contribution in [1.29, 1.82) is 0 Å². The van der Waals surface area contributed by atoms with Gasteiger partial charge in [0, 0.05) is 18.5 Å². The second kappa shape index (κ2) is 17.6. The second-order valence-electron chi connectivity index (χ2n) is 13.1. The number of nitrogens with zero attached hydrogens (tertiary/aromatic N) is 5. The van der Waals surface area contributed by atoms with Crippen LogP contribution in [0.1, 0.15) is 62.3 Å². The molecule has 52 heavy (non-hydrogen) atoms. The first kappa shape index (κ1) is 38.3. The number of hydrogen-bond donors (Lipinski definition) is 0. The fraction of sp³-hybridized carbons (Fsp3) is 0.233. The third-order valence-corrected chi connectivity index (χ3v) is 9.42. The SMILES string of the molecule is CCCCC(=O)N(Cc1ccc(-c2ccccc2-c2nnnn2C(c2ccccc2)(c2ccccc2)c2ccccc2)cc1)[C@H](C(=O)[O-])C(C)C.[Na+]. The molecule has 0 spiro atoms. The molecule has 0 bridgehead atoms. The maximum atomic E-state index is 13.3. The molecule has 1 aromatic heterocycles. The van der Waals surface area contributed by atoms with Crippen molar-refractivity contribution in [3.63, 3.8) is 0 Å². The minimum absolute atomic E-state index is 0. The van der Waals surface area contributed by atoms with Crippen LogP contribution in [0.5, 0.6) is 0 Å². The van der Waals surface area contributed by atoms with Crippen molar-refractivity contribution in [3.05, 3.63) is 162 Å². The third-order valence-electron chi connectivity index (χ3n) is 9.42. The molecule has 0 saturated heterocycles. The summed E-state index contributed by atoms with van der Waals surface area (Å²) in [5.74, 6) is -1.13. The molecule has 8 nitrogen and oxygen atoms in total. The topological polar surface area (TPSA) is 104 Å². The van der Waals surface area contributed by atoms with Gasteiger partial charge in [0.15, 0.2) is 5.82 Å². The van der Waals surface area contributed by atoms with Crippen LogP contribution in [-0.2, 0) is 21.7 Å². The number of hydrogen-bond acceptors (Lipinski definition) is 6. The number of carbonyl (C=O) groups excluding carboxylic acids is 2. The van der Waals surface area contributed by atoms with Gasteiger partial charge in [0.05, 0.1) is 12.0 Å². The molecule has 0 fully saturated rings. The van der Waals surface area contributed by atoms with Crippen molar-refractivity contribution in [3.8, 4) is 22.5 Å². The number of carboxylic acid groups (broad SMARTS) is 1. The average Bonchev–Trinajstić information content (AvgIpc) is 3.65. The summed E-state index contributed by atoms with van der Waals surface area (Å²) in [6.45, 7) is 5.79. The molecule has 0 unspecified atom stereocenters. The number of aromatic nitrogens is 4. The Morgan fingerprint density at radius 2 is 1.23 bits per heavy atom. The first-order valence-electron chi connectivity index (χ1n) is 17.5. The minimum Gasteiger partial charge on any atom is -0.548 e. The van der Waals surface area contributed by atoms with Crippen molar-refractivity contribution in [2.75, 3.05) is 0 Å². The predicted molar refractivity (Wildman–Crippen MR) is 197 cm³/mol. The molecule has 1 amide bonds. The van der Waals surface area contributed by atoms with E-state index in [0.717, 1.165) is 45.4 Å². The van der Waals surface area contributed by atoms with Gasteiger partial charge in [-0.1, -0.05) is 167 Å². The largest absolute Gasteiger partial charge is 1.00 e. The first-order valence-corrected chi connectivity index (χ1v) is 17.5. The molecular weight excluding hydrogens is 657 g/mol. The first-order chi connectivity index (χ1) is 24.9. The number of carboxylic acids is 1. The number of unbranched alkanes of at least 4 members (excludes halogenated alkanes) is 1. The van der Waals surface area contributed by atoms with Crippen LogP contribution in [0.25, 0.3) is 22.5 Å². The van der Waals surface area contributed by atoms with Gasteiger partial charge in [0.2, 0.25) is 5.91 Å². The summed E-state index contributed by atoms with van der Waals surface area (Å²) >= 11 is 0. The zero-order valence-corrected chi connectivity index (χ0v) is 32.2. The monoisotopic (exact) mass is 699 g/mol. The molecule has 1 heterocycles. The van der Waals surface area contributed by atoms with E-state index in [1.54, 1.807) is 13.8 Å². The quantitative estimate of drug-likeness (QED) is 0.125. The number of amides is 1. The van der Waals surface area contributed by atoms with Crippen LogP contribution < -0.4 is 34.7 Å². The van der Waals surface area contributed by atoms with E-state index in [1.807, 2.05) is 115 Å².